The second kappa shape index (κ2) is 16.6. The molecular formula is C34H29Cl7F6N4. The Balaban J connectivity index is 0.000000194. The SMILES string of the molecule is Cc1cccc(Cl)n1.Cc1cccc(N2CCC(c3cc(Cl)c(Cl)c(Cl)c3)(C(F)(F)F)C2)n1.FC(F)(F)C1(c2cc(Cl)c(Cl)c(Cl)c2)CCNC1. The molecule has 0 bridgehead atoms. The molecule has 2 aliphatic rings. The number of aromatic nitrogens is 2. The molecule has 2 aliphatic heterocycles. The van der Waals surface area contributed by atoms with Crippen LogP contribution >= 0.6 is 81.2 Å². The summed E-state index contributed by atoms with van der Waals surface area (Å²) >= 11 is 40.7. The summed E-state index contributed by atoms with van der Waals surface area (Å²) in [5.41, 5.74) is -2.23. The van der Waals surface area contributed by atoms with Gasteiger partial charge in [-0.1, -0.05) is 93.3 Å². The summed E-state index contributed by atoms with van der Waals surface area (Å²) in [6, 6.07) is 15.8. The van der Waals surface area contributed by atoms with Gasteiger partial charge >= 0.3 is 12.4 Å². The van der Waals surface area contributed by atoms with Crippen LogP contribution in [0.5, 0.6) is 0 Å². The highest BCUT2D eigenvalue weighted by Gasteiger charge is 2.60. The van der Waals surface area contributed by atoms with Gasteiger partial charge in [-0.15, -0.1) is 0 Å². The number of pyridine rings is 2. The zero-order chi connectivity index (χ0) is 37.9. The average Bonchev–Trinajstić information content (AvgIpc) is 3.73. The third kappa shape index (κ3) is 9.44. The molecule has 1 N–H and O–H groups in total. The molecular weight excluding hydrogens is 827 g/mol. The first-order valence-corrected chi connectivity index (χ1v) is 17.8. The van der Waals surface area contributed by atoms with E-state index in [1.807, 2.05) is 19.1 Å². The van der Waals surface area contributed by atoms with Crippen LogP contribution in [0.3, 0.4) is 0 Å². The van der Waals surface area contributed by atoms with E-state index in [9.17, 15) is 26.3 Å². The van der Waals surface area contributed by atoms with Crippen molar-refractivity contribution in [2.45, 2.75) is 49.9 Å². The Kier molecular flexibility index (Phi) is 13.7. The van der Waals surface area contributed by atoms with Crippen molar-refractivity contribution < 1.29 is 26.3 Å². The highest BCUT2D eigenvalue weighted by molar-refractivity contribution is 6.48. The summed E-state index contributed by atoms with van der Waals surface area (Å²) in [6.07, 6.45) is -8.98. The van der Waals surface area contributed by atoms with E-state index in [4.69, 9.17) is 81.2 Å². The number of benzene rings is 2. The minimum absolute atomic E-state index is 0.0138. The average molecular weight is 856 g/mol. The molecule has 2 fully saturated rings. The summed E-state index contributed by atoms with van der Waals surface area (Å²) in [5, 5.41) is 3.52. The maximum Gasteiger partial charge on any atom is 0.400 e. The van der Waals surface area contributed by atoms with Gasteiger partial charge in [-0.05, 0) is 92.9 Å². The Bertz CT molecular complexity index is 1790. The molecule has 2 aromatic carbocycles. The van der Waals surface area contributed by atoms with Crippen LogP contribution in [0, 0.1) is 13.8 Å². The van der Waals surface area contributed by atoms with Gasteiger partial charge in [-0.25, -0.2) is 9.97 Å². The van der Waals surface area contributed by atoms with Crippen molar-refractivity contribution in [2.75, 3.05) is 31.1 Å². The Labute approximate surface area is 326 Å². The van der Waals surface area contributed by atoms with Gasteiger partial charge in [0, 0.05) is 31.0 Å². The fourth-order valence-corrected chi connectivity index (χ4v) is 7.26. The molecule has 17 heteroatoms. The van der Waals surface area contributed by atoms with Crippen LogP contribution < -0.4 is 10.2 Å². The van der Waals surface area contributed by atoms with Crippen LogP contribution in [0.15, 0.2) is 60.7 Å². The van der Waals surface area contributed by atoms with Gasteiger partial charge < -0.3 is 10.2 Å². The summed E-state index contributed by atoms with van der Waals surface area (Å²) in [5.74, 6) is 0.525. The molecule has 2 atom stereocenters. The predicted molar refractivity (Wildman–Crippen MR) is 196 cm³/mol. The van der Waals surface area contributed by atoms with Crippen LogP contribution in [0.1, 0.15) is 35.4 Å². The quantitative estimate of drug-likeness (QED) is 0.127. The van der Waals surface area contributed by atoms with Crippen LogP contribution in [-0.2, 0) is 10.8 Å². The lowest BCUT2D eigenvalue weighted by atomic mass is 9.79. The minimum Gasteiger partial charge on any atom is -0.355 e. The molecule has 0 amide bonds. The Hall–Kier alpha value is -1.89. The maximum atomic E-state index is 14.1. The van der Waals surface area contributed by atoms with Crippen LogP contribution in [0.2, 0.25) is 35.3 Å². The van der Waals surface area contributed by atoms with Gasteiger partial charge in [-0.2, -0.15) is 26.3 Å². The van der Waals surface area contributed by atoms with E-state index < -0.39 is 23.2 Å². The van der Waals surface area contributed by atoms with Crippen LogP contribution in [0.4, 0.5) is 32.2 Å². The molecule has 4 nitrogen and oxygen atoms in total. The van der Waals surface area contributed by atoms with E-state index in [1.165, 1.54) is 24.3 Å². The van der Waals surface area contributed by atoms with E-state index >= 15 is 0 Å². The smallest absolute Gasteiger partial charge is 0.355 e. The fourth-order valence-electron chi connectivity index (χ4n) is 5.86. The molecule has 0 radical (unpaired) electrons. The summed E-state index contributed by atoms with van der Waals surface area (Å²) in [7, 11) is 0. The number of hydrogen-bond acceptors (Lipinski definition) is 4. The molecule has 2 unspecified atom stereocenters. The number of anilines is 1. The third-order valence-electron chi connectivity index (χ3n) is 8.63. The number of aryl methyl sites for hydroxylation is 2. The van der Waals surface area contributed by atoms with Gasteiger partial charge in [0.1, 0.15) is 21.8 Å². The first-order valence-electron chi connectivity index (χ1n) is 15.1. The molecule has 6 rings (SSSR count). The summed E-state index contributed by atoms with van der Waals surface area (Å²) in [6.45, 7) is 3.82. The van der Waals surface area contributed by atoms with Crippen molar-refractivity contribution in [3.8, 4) is 0 Å². The highest BCUT2D eigenvalue weighted by atomic mass is 35.5. The Morgan fingerprint density at radius 1 is 0.647 bits per heavy atom. The summed E-state index contributed by atoms with van der Waals surface area (Å²) < 4.78 is 82.1. The van der Waals surface area contributed by atoms with E-state index in [2.05, 4.69) is 15.3 Å². The number of hydrogen-bond donors (Lipinski definition) is 1. The topological polar surface area (TPSA) is 41.1 Å². The summed E-state index contributed by atoms with van der Waals surface area (Å²) in [4.78, 5) is 9.91. The molecule has 4 heterocycles. The normalized spacial score (nSPS) is 20.4. The van der Waals surface area contributed by atoms with Crippen molar-refractivity contribution >= 4 is 87.0 Å². The molecule has 4 aromatic rings. The first-order chi connectivity index (χ1) is 23.7. The Morgan fingerprint density at radius 2 is 1.12 bits per heavy atom. The molecule has 0 saturated carbocycles. The zero-order valence-electron chi connectivity index (χ0n) is 26.8. The molecule has 0 aliphatic carbocycles. The van der Waals surface area contributed by atoms with Crippen molar-refractivity contribution in [1.29, 1.82) is 0 Å². The molecule has 276 valence electrons. The van der Waals surface area contributed by atoms with Crippen molar-refractivity contribution in [2.24, 2.45) is 0 Å². The number of halogens is 13. The van der Waals surface area contributed by atoms with Crippen LogP contribution in [0.25, 0.3) is 0 Å². The molecule has 2 saturated heterocycles. The lowest BCUT2D eigenvalue weighted by Gasteiger charge is -2.33. The van der Waals surface area contributed by atoms with Crippen molar-refractivity contribution in [3.05, 3.63) is 118 Å². The van der Waals surface area contributed by atoms with Gasteiger partial charge in [0.2, 0.25) is 0 Å². The van der Waals surface area contributed by atoms with Gasteiger partial charge in [0.05, 0.1) is 30.1 Å². The maximum absolute atomic E-state index is 14.1. The number of nitrogens with zero attached hydrogens (tertiary/aromatic N) is 3. The van der Waals surface area contributed by atoms with Crippen molar-refractivity contribution in [1.82, 2.24) is 15.3 Å². The van der Waals surface area contributed by atoms with E-state index in [0.29, 0.717) is 17.5 Å². The third-order valence-corrected chi connectivity index (χ3v) is 11.2. The Morgan fingerprint density at radius 3 is 1.51 bits per heavy atom. The number of nitrogens with one attached hydrogen (secondary N) is 1. The van der Waals surface area contributed by atoms with E-state index in [-0.39, 0.29) is 73.7 Å². The standard InChI is InChI=1S/C17H14Cl3F3N2.C11H9Cl3F3N.C6H6ClN/c1-10-3-2-4-14(24-10)25-6-5-16(9-25,17(21,22)23)11-7-12(18)15(20)13(19)8-11;12-7-3-6(4-8(13)9(7)14)10(11(15,16)17)1-2-18-5-10;1-5-3-2-4-6(7)8-5/h2-4,7-8H,5-6,9H2,1H3;3-4,18H,1-2,5H2;2-4H,1H3. The molecule has 51 heavy (non-hydrogen) atoms. The van der Waals surface area contributed by atoms with Gasteiger partial charge in [-0.3, -0.25) is 0 Å². The first kappa shape index (κ1) is 41.9. The molecule has 2 aromatic heterocycles. The highest BCUT2D eigenvalue weighted by Crippen LogP contribution is 2.51. The van der Waals surface area contributed by atoms with E-state index in [0.717, 1.165) is 11.4 Å². The van der Waals surface area contributed by atoms with Crippen LogP contribution in [-0.4, -0.2) is 48.5 Å². The zero-order valence-corrected chi connectivity index (χ0v) is 32.1. The number of rotatable bonds is 3. The second-order valence-corrected chi connectivity index (χ2v) is 14.8. The second-order valence-electron chi connectivity index (χ2n) is 12.0. The van der Waals surface area contributed by atoms with Gasteiger partial charge in [0.15, 0.2) is 0 Å². The lowest BCUT2D eigenvalue weighted by Crippen LogP contribution is -2.45. The largest absolute Gasteiger partial charge is 0.400 e. The monoisotopic (exact) mass is 852 g/mol. The molecule has 0 spiro atoms. The predicted octanol–water partition coefficient (Wildman–Crippen LogP) is 12.5. The minimum atomic E-state index is -4.47. The van der Waals surface area contributed by atoms with E-state index in [1.54, 1.807) is 36.1 Å². The van der Waals surface area contributed by atoms with Crippen molar-refractivity contribution in [3.63, 3.8) is 0 Å². The van der Waals surface area contributed by atoms with Gasteiger partial charge in [0.25, 0.3) is 0 Å². The fraction of sp³-hybridized carbons (Fsp3) is 0.353. The number of alkyl halides is 6. The lowest BCUT2D eigenvalue weighted by molar-refractivity contribution is -0.185.